The Labute approximate surface area is 181 Å². The first-order valence-corrected chi connectivity index (χ1v) is 14.3. The highest BCUT2D eigenvalue weighted by Crippen LogP contribution is 2.53. The fourth-order valence-corrected chi connectivity index (χ4v) is 11.1. The van der Waals surface area contributed by atoms with Crippen LogP contribution >= 0.6 is 70.6 Å². The molecule has 0 fully saturated rings. The van der Waals surface area contributed by atoms with Crippen LogP contribution in [0.25, 0.3) is 0 Å². The van der Waals surface area contributed by atoms with Gasteiger partial charge in [0, 0.05) is 9.81 Å². The molecule has 0 radical (unpaired) electrons. The average Bonchev–Trinajstić information content (AvgIpc) is 3.33. The molecule has 26 heavy (non-hydrogen) atoms. The number of thioether (sulfide) groups is 6. The normalized spacial score (nSPS) is 25.1. The predicted molar refractivity (Wildman–Crippen MR) is 127 cm³/mol. The number of rotatable bonds is 8. The second-order valence-electron chi connectivity index (χ2n) is 5.71. The van der Waals surface area contributed by atoms with Gasteiger partial charge >= 0.3 is 0 Å². The van der Waals surface area contributed by atoms with Crippen LogP contribution in [-0.4, -0.2) is 45.1 Å². The van der Waals surface area contributed by atoms with E-state index in [1.807, 2.05) is 47.0 Å². The maximum absolute atomic E-state index is 9.38. The summed E-state index contributed by atoms with van der Waals surface area (Å²) in [5.41, 5.74) is 2.71. The lowest BCUT2D eigenvalue weighted by molar-refractivity contribution is 0.339. The largest absolute Gasteiger partial charge is 0.391 e. The molecular formula is C18H22O2S6. The van der Waals surface area contributed by atoms with Crippen LogP contribution < -0.4 is 0 Å². The van der Waals surface area contributed by atoms with Gasteiger partial charge in [-0.05, 0) is 34.5 Å². The first kappa shape index (κ1) is 21.4. The van der Waals surface area contributed by atoms with Crippen LogP contribution in [0.2, 0.25) is 0 Å². The van der Waals surface area contributed by atoms with E-state index in [2.05, 4.69) is 47.6 Å². The first-order valence-electron chi connectivity index (χ1n) is 8.09. The van der Waals surface area contributed by atoms with Crippen molar-refractivity contribution in [1.82, 2.24) is 0 Å². The van der Waals surface area contributed by atoms with Crippen molar-refractivity contribution in [2.45, 2.75) is 19.7 Å². The van der Waals surface area contributed by atoms with E-state index < -0.39 is 0 Å². The standard InChI is InChI=1S/C18H22O2S6/c1-21-15(17-23-9-13(7-19)25-17)11-4-3-5-12(6-11)16(22-2)18-24-10-14(8-20)26-18/h3-6,9-10,15-20H,7-8H2,1-2H3. The monoisotopic (exact) mass is 462 g/mol. The van der Waals surface area contributed by atoms with Crippen molar-refractivity contribution in [2.75, 3.05) is 25.7 Å². The Bertz CT molecular complexity index is 624. The minimum absolute atomic E-state index is 0.139. The third-order valence-corrected chi connectivity index (χ3v) is 12.5. The lowest BCUT2D eigenvalue weighted by atomic mass is 10.1. The number of aliphatic hydroxyl groups excluding tert-OH is 2. The molecular weight excluding hydrogens is 441 g/mol. The summed E-state index contributed by atoms with van der Waals surface area (Å²) in [6.45, 7) is 0.278. The lowest BCUT2D eigenvalue weighted by Crippen LogP contribution is -2.10. The molecule has 1 aromatic carbocycles. The predicted octanol–water partition coefficient (Wildman–Crippen LogP) is 5.77. The van der Waals surface area contributed by atoms with E-state index in [0.29, 0.717) is 19.7 Å². The van der Waals surface area contributed by atoms with Crippen LogP contribution in [0.4, 0.5) is 0 Å². The van der Waals surface area contributed by atoms with Gasteiger partial charge in [-0.25, -0.2) is 0 Å². The molecule has 0 bridgehead atoms. The van der Waals surface area contributed by atoms with E-state index >= 15 is 0 Å². The molecule has 0 amide bonds. The van der Waals surface area contributed by atoms with Crippen molar-refractivity contribution in [3.05, 3.63) is 56.0 Å². The van der Waals surface area contributed by atoms with Crippen molar-refractivity contribution >= 4 is 70.6 Å². The average molecular weight is 463 g/mol. The highest BCUT2D eigenvalue weighted by atomic mass is 32.2. The molecule has 8 heteroatoms. The fourth-order valence-electron chi connectivity index (χ4n) is 2.83. The highest BCUT2D eigenvalue weighted by Gasteiger charge is 2.31. The van der Waals surface area contributed by atoms with E-state index in [-0.39, 0.29) is 13.2 Å². The Balaban J connectivity index is 1.76. The van der Waals surface area contributed by atoms with Gasteiger partial charge < -0.3 is 10.2 Å². The molecule has 0 aliphatic carbocycles. The molecule has 2 heterocycles. The third-order valence-electron chi connectivity index (χ3n) is 4.08. The molecule has 1 aromatic rings. The van der Waals surface area contributed by atoms with E-state index in [0.717, 1.165) is 9.81 Å². The summed E-state index contributed by atoms with van der Waals surface area (Å²) in [4.78, 5) is 2.14. The van der Waals surface area contributed by atoms with Gasteiger partial charge in [0.15, 0.2) is 0 Å². The minimum atomic E-state index is 0.139. The van der Waals surface area contributed by atoms with E-state index in [1.165, 1.54) is 11.1 Å². The maximum Gasteiger partial charge on any atom is 0.0748 e. The van der Waals surface area contributed by atoms with E-state index in [1.54, 1.807) is 23.5 Å². The van der Waals surface area contributed by atoms with Crippen molar-refractivity contribution in [3.8, 4) is 0 Å². The molecule has 0 aromatic heterocycles. The van der Waals surface area contributed by atoms with Gasteiger partial charge in [0.1, 0.15) is 0 Å². The second kappa shape index (κ2) is 10.5. The summed E-state index contributed by atoms with van der Waals surface area (Å²) in [6.07, 6.45) is 4.34. The SMILES string of the molecule is CSC(c1cccc(C(SC)C2SC=C(CO)S2)c1)C1SC=C(CO)S1. The number of aliphatic hydroxyl groups is 2. The number of benzene rings is 1. The quantitative estimate of drug-likeness (QED) is 0.504. The van der Waals surface area contributed by atoms with Crippen molar-refractivity contribution in [1.29, 1.82) is 0 Å². The van der Waals surface area contributed by atoms with Crippen LogP contribution in [-0.2, 0) is 0 Å². The molecule has 142 valence electrons. The zero-order chi connectivity index (χ0) is 18.5. The van der Waals surface area contributed by atoms with Crippen LogP contribution in [0, 0.1) is 0 Å². The zero-order valence-electron chi connectivity index (χ0n) is 14.5. The molecule has 0 spiro atoms. The molecule has 0 saturated carbocycles. The van der Waals surface area contributed by atoms with Crippen molar-refractivity contribution in [3.63, 3.8) is 0 Å². The summed E-state index contributed by atoms with van der Waals surface area (Å²) in [7, 11) is 0. The van der Waals surface area contributed by atoms with Crippen molar-refractivity contribution in [2.24, 2.45) is 0 Å². The van der Waals surface area contributed by atoms with Gasteiger partial charge in [-0.15, -0.1) is 47.0 Å². The Morgan fingerprint density at radius 2 is 1.35 bits per heavy atom. The van der Waals surface area contributed by atoms with Gasteiger partial charge in [-0.3, -0.25) is 0 Å². The summed E-state index contributed by atoms with van der Waals surface area (Å²) in [5, 5.41) is 23.7. The molecule has 2 aliphatic rings. The molecule has 2 aliphatic heterocycles. The van der Waals surface area contributed by atoms with Crippen LogP contribution in [0.15, 0.2) is 44.9 Å². The Kier molecular flexibility index (Phi) is 8.64. The Morgan fingerprint density at radius 1 is 0.885 bits per heavy atom. The Hall–Kier alpha value is 0.720. The third kappa shape index (κ3) is 5.00. The van der Waals surface area contributed by atoms with Gasteiger partial charge in [-0.1, -0.05) is 24.3 Å². The van der Waals surface area contributed by atoms with Gasteiger partial charge in [0.25, 0.3) is 0 Å². The van der Waals surface area contributed by atoms with Crippen LogP contribution in [0.1, 0.15) is 21.6 Å². The van der Waals surface area contributed by atoms with Gasteiger partial charge in [-0.2, -0.15) is 23.5 Å². The van der Waals surface area contributed by atoms with Crippen LogP contribution in [0.3, 0.4) is 0 Å². The molecule has 2 nitrogen and oxygen atoms in total. The molecule has 2 N–H and O–H groups in total. The first-order chi connectivity index (χ1) is 12.7. The lowest BCUT2D eigenvalue weighted by Gasteiger charge is -2.25. The van der Waals surface area contributed by atoms with Crippen LogP contribution in [0.5, 0.6) is 0 Å². The summed E-state index contributed by atoms with van der Waals surface area (Å²) in [5.74, 6) is 0. The molecule has 3 rings (SSSR count). The second-order valence-corrected chi connectivity index (χ2v) is 12.8. The number of hydrogen-bond donors (Lipinski definition) is 2. The fraction of sp³-hybridized carbons (Fsp3) is 0.444. The minimum Gasteiger partial charge on any atom is -0.391 e. The number of hydrogen-bond acceptors (Lipinski definition) is 8. The van der Waals surface area contributed by atoms with E-state index in [4.69, 9.17) is 0 Å². The summed E-state index contributed by atoms with van der Waals surface area (Å²) < 4.78 is 0.820. The molecule has 4 unspecified atom stereocenters. The van der Waals surface area contributed by atoms with E-state index in [9.17, 15) is 10.2 Å². The summed E-state index contributed by atoms with van der Waals surface area (Å²) >= 11 is 11.0. The maximum atomic E-state index is 9.38. The molecule has 0 saturated heterocycles. The zero-order valence-corrected chi connectivity index (χ0v) is 19.4. The van der Waals surface area contributed by atoms with Gasteiger partial charge in [0.05, 0.1) is 32.9 Å². The Morgan fingerprint density at radius 3 is 1.69 bits per heavy atom. The molecule has 4 atom stereocenters. The topological polar surface area (TPSA) is 40.5 Å². The highest BCUT2D eigenvalue weighted by molar-refractivity contribution is 8.24. The smallest absolute Gasteiger partial charge is 0.0748 e. The van der Waals surface area contributed by atoms with Crippen molar-refractivity contribution < 1.29 is 10.2 Å². The summed E-state index contributed by atoms with van der Waals surface area (Å²) in [6, 6.07) is 8.99. The van der Waals surface area contributed by atoms with Gasteiger partial charge in [0.2, 0.25) is 0 Å².